The molecule has 0 aromatic carbocycles. The van der Waals surface area contributed by atoms with Crippen molar-refractivity contribution >= 4 is 17.5 Å². The average Bonchev–Trinajstić information content (AvgIpc) is 2.23. The van der Waals surface area contributed by atoms with Crippen LogP contribution in [0.5, 0.6) is 0 Å². The Morgan fingerprint density at radius 1 is 1.20 bits per heavy atom. The lowest BCUT2D eigenvalue weighted by atomic mass is 9.82. The molecule has 4 heteroatoms. The quantitative estimate of drug-likeness (QED) is 0.496. The van der Waals surface area contributed by atoms with E-state index in [1.165, 1.54) is 7.11 Å². The number of methoxy groups -OCH3 is 1. The van der Waals surface area contributed by atoms with E-state index in [4.69, 9.17) is 0 Å². The van der Waals surface area contributed by atoms with Gasteiger partial charge in [0.2, 0.25) is 5.78 Å². The topological polar surface area (TPSA) is 60.4 Å². The van der Waals surface area contributed by atoms with E-state index in [-0.39, 0.29) is 5.78 Å². The molecule has 0 aromatic rings. The van der Waals surface area contributed by atoms with Crippen LogP contribution in [-0.2, 0) is 19.1 Å². The van der Waals surface area contributed by atoms with Gasteiger partial charge in [-0.15, -0.1) is 0 Å². The number of hydrogen-bond acceptors (Lipinski definition) is 4. The summed E-state index contributed by atoms with van der Waals surface area (Å²) in [5.74, 6) is -1.32. The molecule has 0 saturated heterocycles. The van der Waals surface area contributed by atoms with Gasteiger partial charge in [0.05, 0.1) is 7.11 Å². The van der Waals surface area contributed by atoms with Gasteiger partial charge in [0, 0.05) is 18.3 Å². The zero-order valence-corrected chi connectivity index (χ0v) is 9.75. The fraction of sp³-hybridized carbons (Fsp3) is 0.727. The van der Waals surface area contributed by atoms with Crippen molar-refractivity contribution < 1.29 is 19.1 Å². The van der Waals surface area contributed by atoms with Crippen LogP contribution in [0.25, 0.3) is 0 Å². The van der Waals surface area contributed by atoms with Gasteiger partial charge in [0.25, 0.3) is 0 Å². The Kier molecular flexibility index (Phi) is 5.19. The minimum absolute atomic E-state index is 0.0979. The lowest BCUT2D eigenvalue weighted by molar-refractivity contribution is -0.156. The molecule has 0 aliphatic carbocycles. The molecule has 0 unspecified atom stereocenters. The van der Waals surface area contributed by atoms with Crippen molar-refractivity contribution in [2.45, 2.75) is 40.0 Å². The van der Waals surface area contributed by atoms with Crippen LogP contribution in [0.4, 0.5) is 0 Å². The Hall–Kier alpha value is -1.19. The van der Waals surface area contributed by atoms with E-state index in [0.29, 0.717) is 19.3 Å². The maximum atomic E-state index is 11.5. The molecular weight excluding hydrogens is 196 g/mol. The van der Waals surface area contributed by atoms with E-state index < -0.39 is 17.2 Å². The van der Waals surface area contributed by atoms with E-state index in [0.717, 1.165) is 0 Å². The van der Waals surface area contributed by atoms with Crippen molar-refractivity contribution in [3.63, 3.8) is 0 Å². The van der Waals surface area contributed by atoms with E-state index in [1.807, 2.05) is 0 Å². The van der Waals surface area contributed by atoms with Crippen LogP contribution in [0.3, 0.4) is 0 Å². The molecule has 0 heterocycles. The summed E-state index contributed by atoms with van der Waals surface area (Å²) >= 11 is 0. The van der Waals surface area contributed by atoms with E-state index >= 15 is 0 Å². The SMILES string of the molecule is CCC(=O)CCC(C)(C)C(=O)C(=O)OC. The lowest BCUT2D eigenvalue weighted by Crippen LogP contribution is -2.32. The maximum absolute atomic E-state index is 11.5. The summed E-state index contributed by atoms with van der Waals surface area (Å²) in [4.78, 5) is 33.6. The second-order valence-corrected chi connectivity index (χ2v) is 4.10. The first-order valence-electron chi connectivity index (χ1n) is 4.99. The summed E-state index contributed by atoms with van der Waals surface area (Å²) in [6.07, 6.45) is 1.17. The average molecular weight is 214 g/mol. The third kappa shape index (κ3) is 4.23. The molecule has 15 heavy (non-hydrogen) atoms. The van der Waals surface area contributed by atoms with Crippen LogP contribution < -0.4 is 0 Å². The summed E-state index contributed by atoms with van der Waals surface area (Å²) in [5.41, 5.74) is -0.822. The second kappa shape index (κ2) is 5.63. The fourth-order valence-electron chi connectivity index (χ4n) is 1.11. The smallest absolute Gasteiger partial charge is 0.374 e. The van der Waals surface area contributed by atoms with Crippen LogP contribution in [0.15, 0.2) is 0 Å². The number of ether oxygens (including phenoxy) is 1. The van der Waals surface area contributed by atoms with Crippen LogP contribution in [0, 0.1) is 5.41 Å². The summed E-state index contributed by atoms with van der Waals surface area (Å²) in [7, 11) is 1.17. The van der Waals surface area contributed by atoms with Crippen molar-refractivity contribution in [2.75, 3.05) is 7.11 Å². The number of esters is 1. The lowest BCUT2D eigenvalue weighted by Gasteiger charge is -2.20. The molecule has 0 N–H and O–H groups in total. The monoisotopic (exact) mass is 214 g/mol. The Balaban J connectivity index is 4.35. The van der Waals surface area contributed by atoms with Crippen molar-refractivity contribution in [1.29, 1.82) is 0 Å². The zero-order valence-electron chi connectivity index (χ0n) is 9.75. The Morgan fingerprint density at radius 2 is 1.73 bits per heavy atom. The summed E-state index contributed by atoms with van der Waals surface area (Å²) in [5, 5.41) is 0. The molecule has 0 aromatic heterocycles. The van der Waals surface area contributed by atoms with Crippen molar-refractivity contribution in [3.8, 4) is 0 Å². The first kappa shape index (κ1) is 13.8. The van der Waals surface area contributed by atoms with Crippen molar-refractivity contribution in [3.05, 3.63) is 0 Å². The van der Waals surface area contributed by atoms with Gasteiger partial charge in [-0.2, -0.15) is 0 Å². The Morgan fingerprint density at radius 3 is 2.13 bits per heavy atom. The van der Waals surface area contributed by atoms with Crippen LogP contribution in [0.1, 0.15) is 40.0 Å². The molecular formula is C11H18O4. The van der Waals surface area contributed by atoms with Gasteiger partial charge in [-0.3, -0.25) is 9.59 Å². The maximum Gasteiger partial charge on any atom is 0.374 e. The molecule has 0 amide bonds. The predicted molar refractivity (Wildman–Crippen MR) is 55.3 cm³/mol. The molecule has 0 saturated carbocycles. The summed E-state index contributed by atoms with van der Waals surface area (Å²) in [6.45, 7) is 5.07. The van der Waals surface area contributed by atoms with E-state index in [9.17, 15) is 14.4 Å². The highest BCUT2D eigenvalue weighted by Crippen LogP contribution is 2.24. The number of Topliss-reactive ketones (excluding diaryl/α,β-unsaturated/α-hetero) is 2. The van der Waals surface area contributed by atoms with E-state index in [2.05, 4.69) is 4.74 Å². The predicted octanol–water partition coefficient (Wildman–Crippen LogP) is 1.51. The van der Waals surface area contributed by atoms with Crippen molar-refractivity contribution in [2.24, 2.45) is 5.41 Å². The van der Waals surface area contributed by atoms with Crippen molar-refractivity contribution in [1.82, 2.24) is 0 Å². The highest BCUT2D eigenvalue weighted by molar-refractivity contribution is 6.35. The van der Waals surface area contributed by atoms with Crippen LogP contribution >= 0.6 is 0 Å². The van der Waals surface area contributed by atoms with E-state index in [1.54, 1.807) is 20.8 Å². The molecule has 0 aliphatic heterocycles. The first-order chi connectivity index (χ1) is 6.85. The highest BCUT2D eigenvalue weighted by atomic mass is 16.5. The fourth-order valence-corrected chi connectivity index (χ4v) is 1.11. The Bertz CT molecular complexity index is 266. The van der Waals surface area contributed by atoms with Gasteiger partial charge >= 0.3 is 5.97 Å². The van der Waals surface area contributed by atoms with Crippen LogP contribution in [0.2, 0.25) is 0 Å². The normalized spacial score (nSPS) is 10.9. The molecule has 0 spiro atoms. The number of carbonyl (C=O) groups excluding carboxylic acids is 3. The molecule has 0 atom stereocenters. The third-order valence-corrected chi connectivity index (χ3v) is 2.41. The minimum atomic E-state index is -0.844. The zero-order chi connectivity index (χ0) is 12.1. The largest absolute Gasteiger partial charge is 0.463 e. The van der Waals surface area contributed by atoms with Crippen LogP contribution in [-0.4, -0.2) is 24.6 Å². The van der Waals surface area contributed by atoms with Gasteiger partial charge in [0.1, 0.15) is 5.78 Å². The van der Waals surface area contributed by atoms with Gasteiger partial charge < -0.3 is 4.74 Å². The molecule has 0 radical (unpaired) electrons. The standard InChI is InChI=1S/C11H18O4/c1-5-8(12)6-7-11(2,3)9(13)10(14)15-4/h5-7H2,1-4H3. The molecule has 86 valence electrons. The highest BCUT2D eigenvalue weighted by Gasteiger charge is 2.33. The number of rotatable bonds is 6. The molecule has 0 bridgehead atoms. The van der Waals surface area contributed by atoms with Gasteiger partial charge in [-0.05, 0) is 6.42 Å². The second-order valence-electron chi connectivity index (χ2n) is 4.10. The summed E-state index contributed by atoms with van der Waals surface area (Å²) < 4.78 is 4.36. The summed E-state index contributed by atoms with van der Waals surface area (Å²) in [6, 6.07) is 0. The first-order valence-corrected chi connectivity index (χ1v) is 4.99. The Labute approximate surface area is 90.0 Å². The molecule has 0 fully saturated rings. The molecule has 0 aliphatic rings. The molecule has 4 nitrogen and oxygen atoms in total. The molecule has 0 rings (SSSR count). The number of hydrogen-bond donors (Lipinski definition) is 0. The number of carbonyl (C=O) groups is 3. The number of ketones is 2. The van der Waals surface area contributed by atoms with Gasteiger partial charge in [0.15, 0.2) is 0 Å². The van der Waals surface area contributed by atoms with Gasteiger partial charge in [-0.25, -0.2) is 4.79 Å². The van der Waals surface area contributed by atoms with Gasteiger partial charge in [-0.1, -0.05) is 20.8 Å². The minimum Gasteiger partial charge on any atom is -0.463 e. The third-order valence-electron chi connectivity index (χ3n) is 2.41.